The van der Waals surface area contributed by atoms with E-state index in [2.05, 4.69) is 74.6 Å². The summed E-state index contributed by atoms with van der Waals surface area (Å²) in [6.07, 6.45) is 2.33. The highest BCUT2D eigenvalue weighted by molar-refractivity contribution is 5.24. The van der Waals surface area contributed by atoms with Gasteiger partial charge in [0.1, 0.15) is 0 Å². The third kappa shape index (κ3) is 4.50. The lowest BCUT2D eigenvalue weighted by molar-refractivity contribution is 0.558. The number of rotatable bonds is 6. The average molecular weight is 267 g/mol. The van der Waals surface area contributed by atoms with Crippen LogP contribution in [0.15, 0.2) is 48.5 Å². The number of hydrogen-bond donors (Lipinski definition) is 1. The summed E-state index contributed by atoms with van der Waals surface area (Å²) in [6.45, 7) is 7.58. The van der Waals surface area contributed by atoms with Crippen molar-refractivity contribution in [1.29, 1.82) is 0 Å². The Bertz CT molecular complexity index is 528. The molecular weight excluding hydrogens is 242 g/mol. The largest absolute Gasteiger partial charge is 0.310 e. The van der Waals surface area contributed by atoms with Crippen LogP contribution >= 0.6 is 0 Å². The molecule has 0 saturated carbocycles. The molecule has 1 nitrogen and oxygen atoms in total. The average Bonchev–Trinajstić information content (AvgIpc) is 2.45. The van der Waals surface area contributed by atoms with Crippen LogP contribution in [0, 0.1) is 13.8 Å². The van der Waals surface area contributed by atoms with Crippen molar-refractivity contribution in [2.45, 2.75) is 39.7 Å². The van der Waals surface area contributed by atoms with Crippen molar-refractivity contribution < 1.29 is 0 Å². The minimum Gasteiger partial charge on any atom is -0.310 e. The molecule has 0 aromatic heterocycles. The van der Waals surface area contributed by atoms with E-state index in [0.29, 0.717) is 6.04 Å². The fourth-order valence-corrected chi connectivity index (χ4v) is 2.42. The Kier molecular flexibility index (Phi) is 5.37. The monoisotopic (exact) mass is 267 g/mol. The summed E-state index contributed by atoms with van der Waals surface area (Å²) >= 11 is 0. The summed E-state index contributed by atoms with van der Waals surface area (Å²) in [7, 11) is 0. The van der Waals surface area contributed by atoms with Crippen LogP contribution < -0.4 is 5.32 Å². The maximum Gasteiger partial charge on any atom is 0.0291 e. The van der Waals surface area contributed by atoms with E-state index in [0.717, 1.165) is 13.0 Å². The summed E-state index contributed by atoms with van der Waals surface area (Å²) in [5.74, 6) is 0. The van der Waals surface area contributed by atoms with E-state index in [1.807, 2.05) is 0 Å². The standard InChI is InChI=1S/C19H25N/c1-15-9-11-18(12-10-15)7-5-13-20-17(3)19-8-4-6-16(2)14-19/h4,6,8-12,14,17,20H,5,7,13H2,1-3H3/t17-/m1/s1. The SMILES string of the molecule is Cc1ccc(CCCN[C@H](C)c2cccc(C)c2)cc1. The zero-order valence-electron chi connectivity index (χ0n) is 12.8. The molecule has 0 saturated heterocycles. The smallest absolute Gasteiger partial charge is 0.0291 e. The van der Waals surface area contributed by atoms with Crippen LogP contribution in [0.4, 0.5) is 0 Å². The number of hydrogen-bond acceptors (Lipinski definition) is 1. The van der Waals surface area contributed by atoms with Gasteiger partial charge >= 0.3 is 0 Å². The zero-order chi connectivity index (χ0) is 14.4. The first-order valence-corrected chi connectivity index (χ1v) is 7.50. The first-order chi connectivity index (χ1) is 9.65. The molecule has 0 heterocycles. The van der Waals surface area contributed by atoms with Gasteiger partial charge in [0.25, 0.3) is 0 Å². The van der Waals surface area contributed by atoms with Gasteiger partial charge in [-0.25, -0.2) is 0 Å². The van der Waals surface area contributed by atoms with Gasteiger partial charge in [-0.05, 0) is 51.3 Å². The van der Waals surface area contributed by atoms with Gasteiger partial charge in [0, 0.05) is 6.04 Å². The summed E-state index contributed by atoms with van der Waals surface area (Å²) in [5, 5.41) is 3.61. The molecule has 1 atom stereocenters. The number of benzene rings is 2. The third-order valence-corrected chi connectivity index (χ3v) is 3.76. The van der Waals surface area contributed by atoms with Crippen molar-refractivity contribution in [1.82, 2.24) is 5.32 Å². The fourth-order valence-electron chi connectivity index (χ4n) is 2.42. The zero-order valence-corrected chi connectivity index (χ0v) is 12.8. The van der Waals surface area contributed by atoms with Gasteiger partial charge in [-0.15, -0.1) is 0 Å². The van der Waals surface area contributed by atoms with E-state index >= 15 is 0 Å². The maximum absolute atomic E-state index is 3.61. The predicted molar refractivity (Wildman–Crippen MR) is 87.1 cm³/mol. The highest BCUT2D eigenvalue weighted by atomic mass is 14.9. The Balaban J connectivity index is 1.74. The van der Waals surface area contributed by atoms with Gasteiger partial charge in [-0.3, -0.25) is 0 Å². The van der Waals surface area contributed by atoms with Gasteiger partial charge in [0.15, 0.2) is 0 Å². The molecule has 2 aromatic rings. The van der Waals surface area contributed by atoms with Crippen molar-refractivity contribution in [2.24, 2.45) is 0 Å². The Morgan fingerprint density at radius 2 is 1.70 bits per heavy atom. The van der Waals surface area contributed by atoms with Crippen LogP contribution in [0.5, 0.6) is 0 Å². The Morgan fingerprint density at radius 1 is 0.950 bits per heavy atom. The summed E-state index contributed by atoms with van der Waals surface area (Å²) in [6, 6.07) is 18.0. The summed E-state index contributed by atoms with van der Waals surface area (Å²) in [5.41, 5.74) is 5.47. The molecule has 1 N–H and O–H groups in total. The van der Waals surface area contributed by atoms with Crippen LogP contribution in [0.3, 0.4) is 0 Å². The van der Waals surface area contributed by atoms with Gasteiger partial charge in [-0.1, -0.05) is 59.7 Å². The topological polar surface area (TPSA) is 12.0 Å². The second kappa shape index (κ2) is 7.25. The molecule has 0 spiro atoms. The molecular formula is C19H25N. The molecule has 0 radical (unpaired) electrons. The van der Waals surface area contributed by atoms with Gasteiger partial charge in [0.2, 0.25) is 0 Å². The van der Waals surface area contributed by atoms with E-state index in [4.69, 9.17) is 0 Å². The molecule has 0 fully saturated rings. The maximum atomic E-state index is 3.61. The van der Waals surface area contributed by atoms with E-state index in [-0.39, 0.29) is 0 Å². The molecule has 2 aromatic carbocycles. The molecule has 0 aliphatic carbocycles. The number of aryl methyl sites for hydroxylation is 3. The van der Waals surface area contributed by atoms with E-state index in [9.17, 15) is 0 Å². The van der Waals surface area contributed by atoms with Gasteiger partial charge in [-0.2, -0.15) is 0 Å². The molecule has 0 aliphatic rings. The molecule has 2 rings (SSSR count). The molecule has 106 valence electrons. The molecule has 0 bridgehead atoms. The Hall–Kier alpha value is -1.60. The summed E-state index contributed by atoms with van der Waals surface area (Å²) < 4.78 is 0. The van der Waals surface area contributed by atoms with Crippen LogP contribution in [0.25, 0.3) is 0 Å². The highest BCUT2D eigenvalue weighted by Gasteiger charge is 2.04. The normalized spacial score (nSPS) is 12.3. The van der Waals surface area contributed by atoms with Crippen molar-refractivity contribution in [3.63, 3.8) is 0 Å². The lowest BCUT2D eigenvalue weighted by Gasteiger charge is -2.14. The van der Waals surface area contributed by atoms with E-state index < -0.39 is 0 Å². The molecule has 0 aliphatic heterocycles. The lowest BCUT2D eigenvalue weighted by atomic mass is 10.1. The summed E-state index contributed by atoms with van der Waals surface area (Å²) in [4.78, 5) is 0. The van der Waals surface area contributed by atoms with Gasteiger partial charge < -0.3 is 5.32 Å². The van der Waals surface area contributed by atoms with Crippen molar-refractivity contribution in [3.05, 3.63) is 70.8 Å². The predicted octanol–water partition coefficient (Wildman–Crippen LogP) is 4.59. The van der Waals surface area contributed by atoms with Crippen molar-refractivity contribution in [2.75, 3.05) is 6.54 Å². The minimum absolute atomic E-state index is 0.424. The third-order valence-electron chi connectivity index (χ3n) is 3.76. The second-order valence-electron chi connectivity index (χ2n) is 5.68. The molecule has 1 heteroatoms. The van der Waals surface area contributed by atoms with E-state index in [1.165, 1.54) is 28.7 Å². The quantitative estimate of drug-likeness (QED) is 0.755. The molecule has 0 amide bonds. The van der Waals surface area contributed by atoms with Crippen LogP contribution in [0.1, 0.15) is 41.6 Å². The Morgan fingerprint density at radius 3 is 2.40 bits per heavy atom. The van der Waals surface area contributed by atoms with Crippen LogP contribution in [-0.2, 0) is 6.42 Å². The van der Waals surface area contributed by atoms with Crippen LogP contribution in [-0.4, -0.2) is 6.54 Å². The Labute approximate surface area is 123 Å². The number of nitrogens with one attached hydrogen (secondary N) is 1. The second-order valence-corrected chi connectivity index (χ2v) is 5.68. The fraction of sp³-hybridized carbons (Fsp3) is 0.368. The van der Waals surface area contributed by atoms with Crippen LogP contribution in [0.2, 0.25) is 0 Å². The lowest BCUT2D eigenvalue weighted by Crippen LogP contribution is -2.20. The van der Waals surface area contributed by atoms with Gasteiger partial charge in [0.05, 0.1) is 0 Å². The minimum atomic E-state index is 0.424. The first-order valence-electron chi connectivity index (χ1n) is 7.50. The van der Waals surface area contributed by atoms with Crippen molar-refractivity contribution in [3.8, 4) is 0 Å². The highest BCUT2D eigenvalue weighted by Crippen LogP contribution is 2.13. The first kappa shape index (κ1) is 14.8. The molecule has 0 unspecified atom stereocenters. The molecule has 20 heavy (non-hydrogen) atoms. The van der Waals surface area contributed by atoms with E-state index in [1.54, 1.807) is 0 Å². The van der Waals surface area contributed by atoms with Crippen molar-refractivity contribution >= 4 is 0 Å².